The number of aryl methyl sites for hydroxylation is 2. The number of nitrogens with one attached hydrogen (secondary N) is 1. The van der Waals surface area contributed by atoms with Gasteiger partial charge < -0.3 is 16.0 Å². The molecule has 2 aliphatic carbocycles. The van der Waals surface area contributed by atoms with Crippen LogP contribution in [0.3, 0.4) is 0 Å². The number of fused-ring (bicyclic) bond motifs is 1. The molecule has 2 aromatic rings. The highest BCUT2D eigenvalue weighted by Crippen LogP contribution is 2.42. The monoisotopic (exact) mass is 377 g/mol. The number of nitrogens with zero attached hydrogens (tertiary/aromatic N) is 1. The van der Waals surface area contributed by atoms with Crippen molar-refractivity contribution in [2.24, 2.45) is 5.73 Å². The summed E-state index contributed by atoms with van der Waals surface area (Å²) in [5.74, 6) is 0.0891. The molecule has 28 heavy (non-hydrogen) atoms. The van der Waals surface area contributed by atoms with Gasteiger partial charge in [-0.2, -0.15) is 0 Å². The minimum Gasteiger partial charge on any atom is -0.352 e. The van der Waals surface area contributed by atoms with E-state index >= 15 is 0 Å². The first-order valence-electron chi connectivity index (χ1n) is 10.0. The molecule has 4 rings (SSSR count). The van der Waals surface area contributed by atoms with Gasteiger partial charge in [0.25, 0.3) is 0 Å². The van der Waals surface area contributed by atoms with Gasteiger partial charge in [0.15, 0.2) is 0 Å². The highest BCUT2D eigenvalue weighted by molar-refractivity contribution is 5.80. The Balaban J connectivity index is 1.59. The number of benzene rings is 2. The smallest absolute Gasteiger partial charge is 0.312 e. The Morgan fingerprint density at radius 2 is 1.82 bits per heavy atom. The van der Waals surface area contributed by atoms with Gasteiger partial charge in [0.2, 0.25) is 5.91 Å². The maximum absolute atomic E-state index is 13.4. The molecule has 1 saturated carbocycles. The van der Waals surface area contributed by atoms with Crippen LogP contribution in [0.5, 0.6) is 0 Å². The molecule has 2 aliphatic rings. The van der Waals surface area contributed by atoms with E-state index in [1.807, 2.05) is 31.2 Å². The molecule has 5 nitrogen and oxygen atoms in total. The average Bonchev–Trinajstić information content (AvgIpc) is 3.41. The number of amides is 3. The second-order valence-electron chi connectivity index (χ2n) is 7.91. The summed E-state index contributed by atoms with van der Waals surface area (Å²) in [5.41, 5.74) is 10.0. The molecule has 5 heteroatoms. The maximum atomic E-state index is 13.4. The highest BCUT2D eigenvalue weighted by atomic mass is 16.2. The van der Waals surface area contributed by atoms with Crippen molar-refractivity contribution >= 4 is 11.9 Å². The van der Waals surface area contributed by atoms with E-state index in [-0.39, 0.29) is 18.4 Å². The van der Waals surface area contributed by atoms with E-state index in [0.29, 0.717) is 6.04 Å². The van der Waals surface area contributed by atoms with Gasteiger partial charge in [-0.05, 0) is 54.9 Å². The Kier molecular flexibility index (Phi) is 5.07. The van der Waals surface area contributed by atoms with Crippen molar-refractivity contribution in [3.8, 4) is 0 Å². The number of carbonyl (C=O) groups excluding carboxylic acids is 2. The fraction of sp³-hybridized carbons (Fsp3) is 0.391. The topological polar surface area (TPSA) is 75.4 Å². The van der Waals surface area contributed by atoms with E-state index in [4.69, 9.17) is 5.73 Å². The number of nitrogens with two attached hydrogens (primary N) is 1. The minimum atomic E-state index is -0.606. The van der Waals surface area contributed by atoms with Crippen molar-refractivity contribution in [1.82, 2.24) is 10.2 Å². The lowest BCUT2D eigenvalue weighted by molar-refractivity contribution is -0.135. The van der Waals surface area contributed by atoms with Crippen molar-refractivity contribution < 1.29 is 9.59 Å². The van der Waals surface area contributed by atoms with Gasteiger partial charge in [-0.15, -0.1) is 0 Å². The molecule has 0 radical (unpaired) electrons. The fourth-order valence-electron chi connectivity index (χ4n) is 4.48. The van der Waals surface area contributed by atoms with Crippen LogP contribution in [0.25, 0.3) is 0 Å². The quantitative estimate of drug-likeness (QED) is 0.804. The lowest BCUT2D eigenvalue weighted by Gasteiger charge is -2.32. The molecule has 2 aromatic carbocycles. The summed E-state index contributed by atoms with van der Waals surface area (Å²) in [4.78, 5) is 27.1. The van der Waals surface area contributed by atoms with Crippen molar-refractivity contribution in [2.45, 2.75) is 57.2 Å². The van der Waals surface area contributed by atoms with Crippen LogP contribution in [-0.4, -0.2) is 22.9 Å². The van der Waals surface area contributed by atoms with Gasteiger partial charge in [-0.25, -0.2) is 4.79 Å². The zero-order chi connectivity index (χ0) is 19.7. The largest absolute Gasteiger partial charge is 0.352 e. The van der Waals surface area contributed by atoms with E-state index in [1.165, 1.54) is 11.1 Å². The molecule has 2 unspecified atom stereocenters. The van der Waals surface area contributed by atoms with E-state index in [1.54, 1.807) is 0 Å². The number of urea groups is 1. The summed E-state index contributed by atoms with van der Waals surface area (Å²) in [5, 5.41) is 2.78. The Hall–Kier alpha value is -2.82. The average molecular weight is 377 g/mol. The minimum absolute atomic E-state index is 0.0891. The first-order chi connectivity index (χ1) is 13.5. The third-order valence-electron chi connectivity index (χ3n) is 5.92. The van der Waals surface area contributed by atoms with Crippen molar-refractivity contribution in [1.29, 1.82) is 0 Å². The molecular formula is C23H27N3O2. The predicted octanol–water partition coefficient (Wildman–Crippen LogP) is 3.77. The first kappa shape index (κ1) is 18.5. The van der Waals surface area contributed by atoms with Crippen molar-refractivity contribution in [2.75, 3.05) is 0 Å². The molecule has 146 valence electrons. The van der Waals surface area contributed by atoms with E-state index in [2.05, 4.69) is 34.5 Å². The number of carbonyl (C=O) groups is 2. The number of hydrogen-bond donors (Lipinski definition) is 2. The number of rotatable bonds is 6. The Morgan fingerprint density at radius 3 is 2.54 bits per heavy atom. The Labute approximate surface area is 165 Å². The van der Waals surface area contributed by atoms with E-state index < -0.39 is 12.1 Å². The van der Waals surface area contributed by atoms with Gasteiger partial charge in [-0.1, -0.05) is 48.5 Å². The van der Waals surface area contributed by atoms with Crippen LogP contribution in [0, 0.1) is 6.92 Å². The molecule has 3 N–H and O–H groups in total. The van der Waals surface area contributed by atoms with Crippen LogP contribution in [0.2, 0.25) is 0 Å². The molecule has 2 atom stereocenters. The van der Waals surface area contributed by atoms with Crippen LogP contribution in [0.15, 0.2) is 48.5 Å². The number of hydrogen-bond acceptors (Lipinski definition) is 2. The predicted molar refractivity (Wildman–Crippen MR) is 109 cm³/mol. The van der Waals surface area contributed by atoms with E-state index in [9.17, 15) is 9.59 Å². The van der Waals surface area contributed by atoms with Gasteiger partial charge >= 0.3 is 6.03 Å². The lowest BCUT2D eigenvalue weighted by Crippen LogP contribution is -2.40. The zero-order valence-corrected chi connectivity index (χ0v) is 16.2. The summed E-state index contributed by atoms with van der Waals surface area (Å²) < 4.78 is 0. The van der Waals surface area contributed by atoms with Crippen molar-refractivity contribution in [3.63, 3.8) is 0 Å². The molecular weight excluding hydrogens is 350 g/mol. The highest BCUT2D eigenvalue weighted by Gasteiger charge is 2.40. The second-order valence-corrected chi connectivity index (χ2v) is 7.91. The first-order valence-corrected chi connectivity index (χ1v) is 10.0. The Bertz CT molecular complexity index is 891. The van der Waals surface area contributed by atoms with Gasteiger partial charge in [0.05, 0.1) is 18.5 Å². The summed E-state index contributed by atoms with van der Waals surface area (Å²) in [6.07, 6.45) is 4.33. The zero-order valence-electron chi connectivity index (χ0n) is 16.2. The molecule has 0 saturated heterocycles. The molecule has 0 aliphatic heterocycles. The molecule has 3 amide bonds. The summed E-state index contributed by atoms with van der Waals surface area (Å²) >= 11 is 0. The SMILES string of the molecule is Cc1ccccc1C(CC(=O)N(C1CC1)C1CCc2ccccc21)NC(N)=O. The summed E-state index contributed by atoms with van der Waals surface area (Å²) in [6, 6.07) is 15.7. The van der Waals surface area contributed by atoms with Crippen LogP contribution in [0.4, 0.5) is 4.79 Å². The van der Waals surface area contributed by atoms with Crippen LogP contribution >= 0.6 is 0 Å². The molecule has 0 heterocycles. The van der Waals surface area contributed by atoms with Gasteiger partial charge in [-0.3, -0.25) is 4.79 Å². The third kappa shape index (κ3) is 3.75. The normalized spacial score (nSPS) is 19.0. The van der Waals surface area contributed by atoms with E-state index in [0.717, 1.165) is 36.8 Å². The molecule has 0 spiro atoms. The Morgan fingerprint density at radius 1 is 1.11 bits per heavy atom. The summed E-state index contributed by atoms with van der Waals surface area (Å²) in [6.45, 7) is 1.99. The molecule has 0 bridgehead atoms. The van der Waals surface area contributed by atoms with Crippen LogP contribution in [0.1, 0.15) is 60.0 Å². The molecule has 1 fully saturated rings. The van der Waals surface area contributed by atoms with Gasteiger partial charge in [0, 0.05) is 6.04 Å². The molecule has 0 aromatic heterocycles. The third-order valence-corrected chi connectivity index (χ3v) is 5.92. The van der Waals surface area contributed by atoms with Crippen LogP contribution < -0.4 is 11.1 Å². The van der Waals surface area contributed by atoms with Gasteiger partial charge in [0.1, 0.15) is 0 Å². The fourth-order valence-corrected chi connectivity index (χ4v) is 4.48. The van der Waals surface area contributed by atoms with Crippen molar-refractivity contribution in [3.05, 3.63) is 70.8 Å². The number of primary amides is 1. The summed E-state index contributed by atoms with van der Waals surface area (Å²) in [7, 11) is 0. The lowest BCUT2D eigenvalue weighted by atomic mass is 9.97. The van der Waals surface area contributed by atoms with Crippen LogP contribution in [-0.2, 0) is 11.2 Å². The second kappa shape index (κ2) is 7.66. The maximum Gasteiger partial charge on any atom is 0.312 e. The standard InChI is InChI=1S/C23H27N3O2/c1-15-6-2-4-8-18(15)20(25-23(24)28)14-22(27)26(17-11-12-17)21-13-10-16-7-3-5-9-19(16)21/h2-9,17,20-21H,10-14H2,1H3,(H3,24,25,28).